The van der Waals surface area contributed by atoms with Crippen LogP contribution in [-0.2, 0) is 9.47 Å². The summed E-state index contributed by atoms with van der Waals surface area (Å²) in [7, 11) is 0. The molecule has 3 atom stereocenters. The van der Waals surface area contributed by atoms with E-state index in [0.717, 1.165) is 5.76 Å². The van der Waals surface area contributed by atoms with Crippen LogP contribution >= 0.6 is 0 Å². The zero-order valence-corrected chi connectivity index (χ0v) is 12.9. The van der Waals surface area contributed by atoms with Gasteiger partial charge in [-0.2, -0.15) is 0 Å². The fourth-order valence-corrected chi connectivity index (χ4v) is 2.34. The average molecular weight is 265 g/mol. The molecule has 1 rings (SSSR count). The molecular formula is C16H27NO2. The molecule has 1 aliphatic heterocycles. The molecule has 0 N–H and O–H groups in total. The minimum Gasteiger partial charge on any atom is -0.484 e. The van der Waals surface area contributed by atoms with Gasteiger partial charge in [-0.3, -0.25) is 0 Å². The van der Waals surface area contributed by atoms with Gasteiger partial charge in [-0.15, -0.1) is 0 Å². The maximum atomic E-state index is 5.77. The zero-order chi connectivity index (χ0) is 14.4. The first kappa shape index (κ1) is 15.8. The van der Waals surface area contributed by atoms with E-state index in [-0.39, 0.29) is 0 Å². The monoisotopic (exact) mass is 265 g/mol. The first-order chi connectivity index (χ1) is 9.02. The van der Waals surface area contributed by atoms with Crippen molar-refractivity contribution < 1.29 is 9.47 Å². The molecule has 0 amide bonds. The van der Waals surface area contributed by atoms with Crippen molar-refractivity contribution >= 4 is 5.90 Å². The van der Waals surface area contributed by atoms with Gasteiger partial charge >= 0.3 is 0 Å². The van der Waals surface area contributed by atoms with Crippen molar-refractivity contribution in [1.29, 1.82) is 0 Å². The van der Waals surface area contributed by atoms with Gasteiger partial charge in [-0.25, -0.2) is 4.99 Å². The summed E-state index contributed by atoms with van der Waals surface area (Å²) in [5.41, 5.74) is 1.22. The van der Waals surface area contributed by atoms with Gasteiger partial charge in [-0.1, -0.05) is 40.7 Å². The van der Waals surface area contributed by atoms with Crippen molar-refractivity contribution in [3.63, 3.8) is 0 Å². The highest BCUT2D eigenvalue weighted by molar-refractivity contribution is 5.93. The molecule has 1 heterocycles. The van der Waals surface area contributed by atoms with Crippen LogP contribution in [0.5, 0.6) is 0 Å². The Morgan fingerprint density at radius 3 is 2.53 bits per heavy atom. The zero-order valence-electron chi connectivity index (χ0n) is 12.9. The minimum absolute atomic E-state index is 0.446. The quantitative estimate of drug-likeness (QED) is 0.747. The van der Waals surface area contributed by atoms with E-state index >= 15 is 0 Å². The normalized spacial score (nSPS) is 25.0. The lowest BCUT2D eigenvalue weighted by Crippen LogP contribution is -2.26. The summed E-state index contributed by atoms with van der Waals surface area (Å²) in [6.45, 7) is 16.0. The predicted octanol–water partition coefficient (Wildman–Crippen LogP) is 4.17. The molecule has 1 fully saturated rings. The van der Waals surface area contributed by atoms with Crippen LogP contribution in [0.15, 0.2) is 29.1 Å². The largest absolute Gasteiger partial charge is 0.484 e. The molecule has 3 nitrogen and oxygen atoms in total. The number of ether oxygens (including phenoxy) is 2. The number of aliphatic imine (C=N–C) groups is 1. The van der Waals surface area contributed by atoms with E-state index < -0.39 is 0 Å². The SMILES string of the molecule is C=CN=C1OCCO/C1=C(/C)C(C)[C@H](C)C(C)CC. The molecule has 108 valence electrons. The molecule has 0 aromatic rings. The van der Waals surface area contributed by atoms with E-state index in [1.54, 1.807) is 0 Å². The van der Waals surface area contributed by atoms with Crippen LogP contribution in [-0.4, -0.2) is 19.1 Å². The standard InChI is InChI=1S/C16H27NO2/c1-7-11(3)12(4)13(5)14(6)15-16(17-8-2)19-10-9-18-15/h8,11-13H,2,7,9-10H2,1,3-6H3/b15-14-,17-16?/t11?,12-,13?/m1/s1. The molecule has 0 saturated carbocycles. The van der Waals surface area contributed by atoms with E-state index in [0.29, 0.717) is 36.9 Å². The average Bonchev–Trinajstić information content (AvgIpc) is 2.45. The summed E-state index contributed by atoms with van der Waals surface area (Å²) in [5.74, 6) is 3.11. The molecule has 2 unspecified atom stereocenters. The number of hydrogen-bond acceptors (Lipinski definition) is 3. The van der Waals surface area contributed by atoms with Crippen LogP contribution < -0.4 is 0 Å². The molecule has 1 saturated heterocycles. The van der Waals surface area contributed by atoms with Crippen LogP contribution in [0.25, 0.3) is 0 Å². The van der Waals surface area contributed by atoms with E-state index in [1.807, 2.05) is 0 Å². The highest BCUT2D eigenvalue weighted by atomic mass is 16.6. The van der Waals surface area contributed by atoms with Gasteiger partial charge in [0.15, 0.2) is 5.76 Å². The molecule has 1 aliphatic rings. The van der Waals surface area contributed by atoms with E-state index in [9.17, 15) is 0 Å². The third kappa shape index (κ3) is 3.85. The Labute approximate surface area is 117 Å². The lowest BCUT2D eigenvalue weighted by atomic mass is 9.79. The Balaban J connectivity index is 2.98. The van der Waals surface area contributed by atoms with Crippen LogP contribution in [0.2, 0.25) is 0 Å². The van der Waals surface area contributed by atoms with Gasteiger partial charge in [-0.05, 0) is 30.3 Å². The maximum absolute atomic E-state index is 5.77. The number of rotatable bonds is 5. The molecule has 3 heteroatoms. The lowest BCUT2D eigenvalue weighted by Gasteiger charge is -2.29. The first-order valence-electron chi connectivity index (χ1n) is 7.18. The Bertz CT molecular complexity index is 371. The van der Waals surface area contributed by atoms with Gasteiger partial charge in [0.25, 0.3) is 5.90 Å². The first-order valence-corrected chi connectivity index (χ1v) is 7.18. The molecule has 0 radical (unpaired) electrons. The molecule has 0 aliphatic carbocycles. The van der Waals surface area contributed by atoms with Crippen LogP contribution in [0.3, 0.4) is 0 Å². The summed E-state index contributed by atoms with van der Waals surface area (Å²) in [4.78, 5) is 4.17. The molecule has 0 spiro atoms. The van der Waals surface area contributed by atoms with Crippen molar-refractivity contribution in [1.82, 2.24) is 0 Å². The van der Waals surface area contributed by atoms with Crippen molar-refractivity contribution in [2.24, 2.45) is 22.7 Å². The second-order valence-corrected chi connectivity index (χ2v) is 5.36. The molecule has 0 aromatic carbocycles. The Hall–Kier alpha value is -1.25. The Morgan fingerprint density at radius 1 is 1.32 bits per heavy atom. The molecule has 19 heavy (non-hydrogen) atoms. The number of nitrogens with zero attached hydrogens (tertiary/aromatic N) is 1. The number of hydrogen-bond donors (Lipinski definition) is 0. The number of allylic oxidation sites excluding steroid dienone is 1. The van der Waals surface area contributed by atoms with E-state index in [4.69, 9.17) is 9.47 Å². The van der Waals surface area contributed by atoms with E-state index in [1.165, 1.54) is 18.2 Å². The van der Waals surface area contributed by atoms with Crippen molar-refractivity contribution in [2.45, 2.75) is 41.0 Å². The molecule has 0 aromatic heterocycles. The topological polar surface area (TPSA) is 30.8 Å². The second kappa shape index (κ2) is 7.37. The fraction of sp³-hybridized carbons (Fsp3) is 0.688. The third-order valence-electron chi connectivity index (χ3n) is 4.34. The fourth-order valence-electron chi connectivity index (χ4n) is 2.34. The minimum atomic E-state index is 0.446. The second-order valence-electron chi connectivity index (χ2n) is 5.36. The Morgan fingerprint density at radius 2 is 1.95 bits per heavy atom. The lowest BCUT2D eigenvalue weighted by molar-refractivity contribution is 0.112. The molecule has 0 bridgehead atoms. The Kier molecular flexibility index (Phi) is 6.13. The van der Waals surface area contributed by atoms with Gasteiger partial charge in [0.2, 0.25) is 0 Å². The highest BCUT2D eigenvalue weighted by Crippen LogP contribution is 2.31. The summed E-state index contributed by atoms with van der Waals surface area (Å²) < 4.78 is 11.3. The highest BCUT2D eigenvalue weighted by Gasteiger charge is 2.26. The van der Waals surface area contributed by atoms with Gasteiger partial charge < -0.3 is 9.47 Å². The summed E-state index contributed by atoms with van der Waals surface area (Å²) in [5, 5.41) is 0. The summed E-state index contributed by atoms with van der Waals surface area (Å²) >= 11 is 0. The van der Waals surface area contributed by atoms with Crippen LogP contribution in [0.1, 0.15) is 41.0 Å². The van der Waals surface area contributed by atoms with Crippen LogP contribution in [0, 0.1) is 17.8 Å². The van der Waals surface area contributed by atoms with Gasteiger partial charge in [0, 0.05) is 6.20 Å². The van der Waals surface area contributed by atoms with E-state index in [2.05, 4.69) is 46.2 Å². The van der Waals surface area contributed by atoms with Gasteiger partial charge in [0.05, 0.1) is 0 Å². The van der Waals surface area contributed by atoms with Crippen molar-refractivity contribution in [2.75, 3.05) is 13.2 Å². The third-order valence-corrected chi connectivity index (χ3v) is 4.34. The maximum Gasteiger partial charge on any atom is 0.257 e. The summed E-state index contributed by atoms with van der Waals surface area (Å²) in [6, 6.07) is 0. The van der Waals surface area contributed by atoms with Gasteiger partial charge in [0.1, 0.15) is 13.2 Å². The predicted molar refractivity (Wildman–Crippen MR) is 80.0 cm³/mol. The van der Waals surface area contributed by atoms with Crippen molar-refractivity contribution in [3.05, 3.63) is 24.1 Å². The summed E-state index contributed by atoms with van der Waals surface area (Å²) in [6.07, 6.45) is 2.69. The molecular weight excluding hydrogens is 238 g/mol. The van der Waals surface area contributed by atoms with Crippen molar-refractivity contribution in [3.8, 4) is 0 Å². The smallest absolute Gasteiger partial charge is 0.257 e. The van der Waals surface area contributed by atoms with Crippen LogP contribution in [0.4, 0.5) is 0 Å².